The molecule has 1 N–H and O–H groups in total. The van der Waals surface area contributed by atoms with Gasteiger partial charge in [0.05, 0.1) is 17.4 Å². The highest BCUT2D eigenvalue weighted by molar-refractivity contribution is 9.09. The van der Waals surface area contributed by atoms with E-state index in [-0.39, 0.29) is 22.2 Å². The molecule has 11 heteroatoms. The largest absolute Gasteiger partial charge is 0.506 e. The van der Waals surface area contributed by atoms with E-state index in [0.717, 1.165) is 0 Å². The highest BCUT2D eigenvalue weighted by Gasteiger charge is 2.19. The van der Waals surface area contributed by atoms with Gasteiger partial charge in [0.25, 0.3) is 0 Å². The summed E-state index contributed by atoms with van der Waals surface area (Å²) in [5.41, 5.74) is 2.14. The summed E-state index contributed by atoms with van der Waals surface area (Å²) in [7, 11) is 0. The van der Waals surface area contributed by atoms with Crippen molar-refractivity contribution < 1.29 is 27.7 Å². The number of aromatic nitrogens is 2. The summed E-state index contributed by atoms with van der Waals surface area (Å²) in [5.74, 6) is -0.333. The second-order valence-corrected chi connectivity index (χ2v) is 9.64. The molecule has 0 aliphatic rings. The third-order valence-electron chi connectivity index (χ3n) is 5.70. The molecule has 0 bridgehead atoms. The van der Waals surface area contributed by atoms with Gasteiger partial charge in [-0.05, 0) is 48.5 Å². The van der Waals surface area contributed by atoms with Gasteiger partial charge in [-0.3, -0.25) is 0 Å². The molecule has 0 atom stereocenters. The lowest BCUT2D eigenvalue weighted by atomic mass is 10.1. The molecule has 2 heterocycles. The van der Waals surface area contributed by atoms with Crippen molar-refractivity contribution in [1.82, 2.24) is 10.3 Å². The van der Waals surface area contributed by atoms with Gasteiger partial charge in [-0.1, -0.05) is 73.7 Å². The van der Waals surface area contributed by atoms with Crippen LogP contribution in [0.5, 0.6) is 11.5 Å². The van der Waals surface area contributed by atoms with Crippen molar-refractivity contribution in [3.63, 3.8) is 0 Å². The van der Waals surface area contributed by atoms with Crippen LogP contribution in [0.25, 0.3) is 44.5 Å². The van der Waals surface area contributed by atoms with E-state index in [4.69, 9.17) is 37.0 Å². The predicted molar refractivity (Wildman–Crippen MR) is 150 cm³/mol. The van der Waals surface area contributed by atoms with E-state index >= 15 is 0 Å². The molecule has 0 amide bonds. The molecule has 4 aromatic carbocycles. The van der Waals surface area contributed by atoms with Gasteiger partial charge in [-0.25, -0.2) is 8.78 Å². The zero-order chi connectivity index (χ0) is 27.5. The summed E-state index contributed by atoms with van der Waals surface area (Å²) in [6.07, 6.45) is 0. The third-order valence-corrected chi connectivity index (χ3v) is 6.74. The zero-order valence-electron chi connectivity index (χ0n) is 19.8. The Bertz CT molecular complexity index is 1790. The van der Waals surface area contributed by atoms with Crippen LogP contribution in [0.1, 0.15) is 0 Å². The Morgan fingerprint density at radius 1 is 0.744 bits per heavy atom. The number of ether oxygens (including phenoxy) is 1. The molecule has 6 aromatic rings. The van der Waals surface area contributed by atoms with E-state index in [0.29, 0.717) is 61.6 Å². The van der Waals surface area contributed by atoms with Crippen LogP contribution in [-0.4, -0.2) is 27.4 Å². The first-order valence-electron chi connectivity index (χ1n) is 11.4. The Hall–Kier alpha value is -3.66. The molecule has 198 valence electrons. The maximum atomic E-state index is 13.9. The van der Waals surface area contributed by atoms with Crippen molar-refractivity contribution in [2.75, 3.05) is 11.9 Å². The predicted octanol–water partition coefficient (Wildman–Crippen LogP) is 9.05. The molecule has 0 saturated heterocycles. The molecular formula is C28H17BrCl2F2N2O4. The van der Waals surface area contributed by atoms with Crippen molar-refractivity contribution >= 4 is 61.1 Å². The van der Waals surface area contributed by atoms with E-state index in [1.165, 1.54) is 18.2 Å². The smallest absolute Gasteiger partial charge is 0.189 e. The van der Waals surface area contributed by atoms with Crippen LogP contribution >= 0.6 is 39.1 Å². The van der Waals surface area contributed by atoms with Crippen LogP contribution in [0.2, 0.25) is 10.0 Å². The Morgan fingerprint density at radius 2 is 1.26 bits per heavy atom. The molecule has 6 rings (SSSR count). The lowest BCUT2D eigenvalue weighted by molar-refractivity contribution is 0.344. The van der Waals surface area contributed by atoms with Crippen LogP contribution in [0.15, 0.2) is 81.8 Å². The van der Waals surface area contributed by atoms with Crippen molar-refractivity contribution in [3.05, 3.63) is 94.5 Å². The number of hydrogen-bond donors (Lipinski definition) is 1. The molecule has 0 radical (unpaired) electrons. The molecule has 6 nitrogen and oxygen atoms in total. The van der Waals surface area contributed by atoms with Gasteiger partial charge in [0, 0.05) is 16.5 Å². The van der Waals surface area contributed by atoms with Gasteiger partial charge in [-0.15, -0.1) is 0 Å². The second-order valence-electron chi connectivity index (χ2n) is 8.09. The molecule has 0 spiro atoms. The first-order chi connectivity index (χ1) is 18.9. The number of hydrogen-bond acceptors (Lipinski definition) is 6. The van der Waals surface area contributed by atoms with Gasteiger partial charge in [0.15, 0.2) is 11.2 Å². The number of fused-ring (bicyclic) bond motifs is 2. The summed E-state index contributed by atoms with van der Waals surface area (Å²) in [6, 6.07) is 19.2. The lowest BCUT2D eigenvalue weighted by Gasteiger charge is -2.06. The highest BCUT2D eigenvalue weighted by Crippen LogP contribution is 2.39. The lowest BCUT2D eigenvalue weighted by Crippen LogP contribution is -1.98. The second kappa shape index (κ2) is 11.6. The number of halogens is 5. The van der Waals surface area contributed by atoms with Gasteiger partial charge in [0.1, 0.15) is 44.6 Å². The molecule has 2 aromatic heterocycles. The minimum atomic E-state index is -0.392. The summed E-state index contributed by atoms with van der Waals surface area (Å²) < 4.78 is 43.4. The number of benzene rings is 4. The first-order valence-corrected chi connectivity index (χ1v) is 13.3. The number of alkyl halides is 1. The van der Waals surface area contributed by atoms with Crippen LogP contribution < -0.4 is 4.74 Å². The summed E-state index contributed by atoms with van der Waals surface area (Å²) in [5, 5.41) is 19.5. The summed E-state index contributed by atoms with van der Waals surface area (Å²) in [4.78, 5) is 0. The third kappa shape index (κ3) is 5.30. The van der Waals surface area contributed by atoms with E-state index in [1.54, 1.807) is 54.6 Å². The van der Waals surface area contributed by atoms with Crippen LogP contribution in [0.3, 0.4) is 0 Å². The zero-order valence-corrected chi connectivity index (χ0v) is 22.9. The normalized spacial score (nSPS) is 11.0. The molecule has 0 unspecified atom stereocenters. The maximum absolute atomic E-state index is 13.9. The number of phenols is 1. The van der Waals surface area contributed by atoms with Crippen LogP contribution in [0, 0.1) is 11.6 Å². The topological polar surface area (TPSA) is 81.5 Å². The first kappa shape index (κ1) is 26.9. The van der Waals surface area contributed by atoms with Crippen molar-refractivity contribution in [3.8, 4) is 34.0 Å². The van der Waals surface area contributed by atoms with Gasteiger partial charge in [0.2, 0.25) is 0 Å². The molecule has 0 aliphatic heterocycles. The molecule has 0 saturated carbocycles. The van der Waals surface area contributed by atoms with Crippen LogP contribution in [-0.2, 0) is 0 Å². The maximum Gasteiger partial charge on any atom is 0.189 e. The Kier molecular flexibility index (Phi) is 8.02. The van der Waals surface area contributed by atoms with E-state index in [9.17, 15) is 13.9 Å². The van der Waals surface area contributed by atoms with Crippen molar-refractivity contribution in [2.45, 2.75) is 0 Å². The molecule has 0 aliphatic carbocycles. The summed E-state index contributed by atoms with van der Waals surface area (Å²) >= 11 is 15.4. The minimum absolute atomic E-state index is 0.0718. The monoisotopic (exact) mass is 632 g/mol. The fraction of sp³-hybridized carbons (Fsp3) is 0.0714. The van der Waals surface area contributed by atoms with Gasteiger partial charge < -0.3 is 18.9 Å². The molecule has 0 fully saturated rings. The Labute approximate surface area is 238 Å². The fourth-order valence-corrected chi connectivity index (χ4v) is 4.49. The minimum Gasteiger partial charge on any atom is -0.506 e. The number of aromatic hydroxyl groups is 1. The molecular weight excluding hydrogens is 617 g/mol. The Morgan fingerprint density at radius 3 is 1.79 bits per heavy atom. The van der Waals surface area contributed by atoms with E-state index in [2.05, 4.69) is 26.2 Å². The van der Waals surface area contributed by atoms with Crippen molar-refractivity contribution in [1.29, 1.82) is 0 Å². The van der Waals surface area contributed by atoms with Crippen molar-refractivity contribution in [2.24, 2.45) is 0 Å². The average Bonchev–Trinajstić information content (AvgIpc) is 3.57. The SMILES string of the molecule is Fc1ccccc1-c1noc2c(Cl)c(OCCBr)ccc12.Oc1ccc2c(-c3ccccc3F)noc2c1Cl. The van der Waals surface area contributed by atoms with Crippen LogP contribution in [0.4, 0.5) is 8.78 Å². The fourth-order valence-electron chi connectivity index (χ4n) is 3.87. The average molecular weight is 634 g/mol. The highest BCUT2D eigenvalue weighted by atomic mass is 79.9. The number of rotatable bonds is 5. The number of phenolic OH excluding ortho intramolecular Hbond substituents is 1. The number of nitrogens with zero attached hydrogens (tertiary/aromatic N) is 2. The van der Waals surface area contributed by atoms with E-state index < -0.39 is 5.82 Å². The van der Waals surface area contributed by atoms with Gasteiger partial charge in [-0.2, -0.15) is 0 Å². The standard InChI is InChI=1S/C15H10BrClFNO2.C13H7ClFNO2/c16-7-8-20-12-6-5-10-14(19-21-15(10)13(12)17)9-3-1-2-4-11(9)18;14-11-10(17)6-5-8-12(16-18-13(8)11)7-3-1-2-4-9(7)15/h1-6H,7-8H2;1-6,17H. The quantitative estimate of drug-likeness (QED) is 0.191. The van der Waals surface area contributed by atoms with E-state index in [1.807, 2.05) is 0 Å². The van der Waals surface area contributed by atoms with Gasteiger partial charge >= 0.3 is 0 Å². The Balaban J connectivity index is 0.000000160. The summed E-state index contributed by atoms with van der Waals surface area (Å²) in [6.45, 7) is 0.486. The molecule has 39 heavy (non-hydrogen) atoms.